The number of aryl methyl sites for hydroxylation is 1. The number of pyridine rings is 1. The summed E-state index contributed by atoms with van der Waals surface area (Å²) in [6.45, 7) is 2.79. The van der Waals surface area contributed by atoms with Crippen LogP contribution in [-0.4, -0.2) is 34.2 Å². The Hall–Kier alpha value is -1.69. The number of nitrogens with zero attached hydrogens (tertiary/aromatic N) is 3. The normalized spacial score (nSPS) is 20.1. The minimum Gasteiger partial charge on any atom is -0.391 e. The van der Waals surface area contributed by atoms with E-state index in [4.69, 9.17) is 0 Å². The van der Waals surface area contributed by atoms with E-state index in [0.717, 1.165) is 5.56 Å². The molecule has 1 aliphatic heterocycles. The molecule has 2 heterocycles. The minimum atomic E-state index is -0.431. The molecule has 0 spiro atoms. The van der Waals surface area contributed by atoms with Gasteiger partial charge in [-0.25, -0.2) is 4.98 Å². The van der Waals surface area contributed by atoms with E-state index in [9.17, 15) is 15.2 Å². The van der Waals surface area contributed by atoms with E-state index in [0.29, 0.717) is 25.3 Å². The molecule has 0 saturated carbocycles. The highest BCUT2D eigenvalue weighted by Gasteiger charge is 2.27. The predicted molar refractivity (Wildman–Crippen MR) is 58.5 cm³/mol. The van der Waals surface area contributed by atoms with Crippen LogP contribution in [0, 0.1) is 17.0 Å². The summed E-state index contributed by atoms with van der Waals surface area (Å²) in [6, 6.07) is 1.51. The lowest BCUT2D eigenvalue weighted by Crippen LogP contribution is -2.23. The SMILES string of the molecule is Cc1cnc(N2CC[C@@H](O)C2)c([N+](=O)[O-])c1. The molecular weight excluding hydrogens is 210 g/mol. The molecule has 0 radical (unpaired) electrons. The third-order valence-corrected chi connectivity index (χ3v) is 2.64. The van der Waals surface area contributed by atoms with Gasteiger partial charge in [-0.05, 0) is 18.9 Å². The lowest BCUT2D eigenvalue weighted by Gasteiger charge is -2.16. The highest BCUT2D eigenvalue weighted by atomic mass is 16.6. The Morgan fingerprint density at radius 2 is 2.44 bits per heavy atom. The van der Waals surface area contributed by atoms with Crippen LogP contribution in [0.5, 0.6) is 0 Å². The number of rotatable bonds is 2. The van der Waals surface area contributed by atoms with Crippen LogP contribution in [0.25, 0.3) is 0 Å². The number of anilines is 1. The zero-order chi connectivity index (χ0) is 11.7. The van der Waals surface area contributed by atoms with Gasteiger partial charge in [-0.2, -0.15) is 0 Å². The summed E-state index contributed by atoms with van der Waals surface area (Å²) in [4.78, 5) is 16.3. The van der Waals surface area contributed by atoms with Crippen molar-refractivity contribution in [3.63, 3.8) is 0 Å². The van der Waals surface area contributed by atoms with E-state index in [1.54, 1.807) is 18.0 Å². The third kappa shape index (κ3) is 1.96. The van der Waals surface area contributed by atoms with Gasteiger partial charge in [0.1, 0.15) is 0 Å². The number of β-amino-alcohol motifs (C(OH)–C–C–N with tert-alkyl or cyclic N) is 1. The molecule has 0 unspecified atom stereocenters. The topological polar surface area (TPSA) is 79.5 Å². The van der Waals surface area contributed by atoms with Crippen LogP contribution in [0.1, 0.15) is 12.0 Å². The molecular formula is C10H13N3O3. The highest BCUT2D eigenvalue weighted by molar-refractivity contribution is 5.59. The fourth-order valence-electron chi connectivity index (χ4n) is 1.86. The zero-order valence-electron chi connectivity index (χ0n) is 8.96. The van der Waals surface area contributed by atoms with Crippen molar-refractivity contribution in [2.75, 3.05) is 18.0 Å². The minimum absolute atomic E-state index is 0.00843. The van der Waals surface area contributed by atoms with Crippen LogP contribution in [0.2, 0.25) is 0 Å². The van der Waals surface area contributed by atoms with Gasteiger partial charge in [0.05, 0.1) is 11.0 Å². The molecule has 1 atom stereocenters. The summed E-state index contributed by atoms with van der Waals surface area (Å²) in [7, 11) is 0. The van der Waals surface area contributed by atoms with Crippen LogP contribution in [-0.2, 0) is 0 Å². The van der Waals surface area contributed by atoms with Gasteiger partial charge in [-0.3, -0.25) is 10.1 Å². The van der Waals surface area contributed by atoms with Gasteiger partial charge in [0.25, 0.3) is 0 Å². The predicted octanol–water partition coefficient (Wildman–Crippen LogP) is 0.869. The Bertz CT molecular complexity index is 422. The summed E-state index contributed by atoms with van der Waals surface area (Å²) < 4.78 is 0. The molecule has 0 amide bonds. The fraction of sp³-hybridized carbons (Fsp3) is 0.500. The van der Waals surface area contributed by atoms with E-state index in [1.807, 2.05) is 0 Å². The average molecular weight is 223 g/mol. The van der Waals surface area contributed by atoms with Crippen molar-refractivity contribution in [2.45, 2.75) is 19.4 Å². The summed E-state index contributed by atoms with van der Waals surface area (Å²) in [6.07, 6.45) is 1.82. The number of aliphatic hydroxyl groups is 1. The number of hydrogen-bond donors (Lipinski definition) is 1. The van der Waals surface area contributed by atoms with Gasteiger partial charge in [0, 0.05) is 25.4 Å². The van der Waals surface area contributed by atoms with E-state index in [2.05, 4.69) is 4.98 Å². The molecule has 86 valence electrons. The summed E-state index contributed by atoms with van der Waals surface area (Å²) in [5, 5.41) is 20.3. The monoisotopic (exact) mass is 223 g/mol. The molecule has 1 aromatic rings. The van der Waals surface area contributed by atoms with Crippen molar-refractivity contribution in [3.8, 4) is 0 Å². The summed E-state index contributed by atoms with van der Waals surface area (Å²) in [5.41, 5.74) is 0.768. The summed E-state index contributed by atoms with van der Waals surface area (Å²) in [5.74, 6) is 0.354. The standard InChI is InChI=1S/C10H13N3O3/c1-7-4-9(13(15)16)10(11-5-7)12-3-2-8(14)6-12/h4-5,8,14H,2-3,6H2,1H3/t8-/m1/s1. The first-order chi connectivity index (χ1) is 7.58. The van der Waals surface area contributed by atoms with Crippen LogP contribution in [0.15, 0.2) is 12.3 Å². The Kier molecular flexibility index (Phi) is 2.74. The molecule has 1 aromatic heterocycles. The largest absolute Gasteiger partial charge is 0.391 e. The molecule has 1 aliphatic rings. The van der Waals surface area contributed by atoms with Crippen molar-refractivity contribution >= 4 is 11.5 Å². The van der Waals surface area contributed by atoms with E-state index in [1.165, 1.54) is 6.07 Å². The van der Waals surface area contributed by atoms with Gasteiger partial charge < -0.3 is 10.0 Å². The maximum atomic E-state index is 10.9. The maximum absolute atomic E-state index is 10.9. The Morgan fingerprint density at radius 3 is 3.00 bits per heavy atom. The number of aromatic nitrogens is 1. The number of aliphatic hydroxyl groups excluding tert-OH is 1. The maximum Gasteiger partial charge on any atom is 0.311 e. The molecule has 0 aromatic carbocycles. The first-order valence-electron chi connectivity index (χ1n) is 5.12. The second-order valence-electron chi connectivity index (χ2n) is 4.00. The Balaban J connectivity index is 2.36. The van der Waals surface area contributed by atoms with Gasteiger partial charge in [-0.1, -0.05) is 0 Å². The third-order valence-electron chi connectivity index (χ3n) is 2.64. The van der Waals surface area contributed by atoms with Gasteiger partial charge in [-0.15, -0.1) is 0 Å². The lowest BCUT2D eigenvalue weighted by molar-refractivity contribution is -0.384. The molecule has 6 nitrogen and oxygen atoms in total. The highest BCUT2D eigenvalue weighted by Crippen LogP contribution is 2.28. The number of hydrogen-bond acceptors (Lipinski definition) is 5. The van der Waals surface area contributed by atoms with E-state index in [-0.39, 0.29) is 5.69 Å². The first-order valence-corrected chi connectivity index (χ1v) is 5.12. The van der Waals surface area contributed by atoms with Crippen LogP contribution >= 0.6 is 0 Å². The Labute approximate surface area is 92.7 Å². The second-order valence-corrected chi connectivity index (χ2v) is 4.00. The smallest absolute Gasteiger partial charge is 0.311 e. The van der Waals surface area contributed by atoms with Crippen molar-refractivity contribution in [1.82, 2.24) is 4.98 Å². The quantitative estimate of drug-likeness (QED) is 0.594. The van der Waals surface area contributed by atoms with Crippen LogP contribution < -0.4 is 4.90 Å². The molecule has 6 heteroatoms. The molecule has 2 rings (SSSR count). The van der Waals surface area contributed by atoms with Crippen LogP contribution in [0.3, 0.4) is 0 Å². The van der Waals surface area contributed by atoms with Gasteiger partial charge >= 0.3 is 5.69 Å². The molecule has 1 fully saturated rings. The average Bonchev–Trinajstić information content (AvgIpc) is 2.64. The van der Waals surface area contributed by atoms with Crippen molar-refractivity contribution in [2.24, 2.45) is 0 Å². The van der Waals surface area contributed by atoms with Gasteiger partial charge in [0.15, 0.2) is 0 Å². The second kappa shape index (κ2) is 4.05. The molecule has 1 saturated heterocycles. The molecule has 0 bridgehead atoms. The first kappa shape index (κ1) is 10.8. The molecule has 1 N–H and O–H groups in total. The van der Waals surface area contributed by atoms with Gasteiger partial charge in [0.2, 0.25) is 5.82 Å². The number of nitro groups is 1. The zero-order valence-corrected chi connectivity index (χ0v) is 8.96. The van der Waals surface area contributed by atoms with E-state index >= 15 is 0 Å². The van der Waals surface area contributed by atoms with Crippen LogP contribution in [0.4, 0.5) is 11.5 Å². The molecule has 0 aliphatic carbocycles. The lowest BCUT2D eigenvalue weighted by atomic mass is 10.3. The van der Waals surface area contributed by atoms with Crippen molar-refractivity contribution < 1.29 is 10.0 Å². The van der Waals surface area contributed by atoms with Crippen molar-refractivity contribution in [3.05, 3.63) is 27.9 Å². The molecule has 16 heavy (non-hydrogen) atoms. The van der Waals surface area contributed by atoms with Crippen molar-refractivity contribution in [1.29, 1.82) is 0 Å². The Morgan fingerprint density at radius 1 is 1.69 bits per heavy atom. The fourth-order valence-corrected chi connectivity index (χ4v) is 1.86. The summed E-state index contributed by atoms with van der Waals surface area (Å²) >= 11 is 0. The van der Waals surface area contributed by atoms with E-state index < -0.39 is 11.0 Å².